The second kappa shape index (κ2) is 6.06. The summed E-state index contributed by atoms with van der Waals surface area (Å²) in [4.78, 5) is 12.6. The highest BCUT2D eigenvalue weighted by Crippen LogP contribution is 2.21. The van der Waals surface area contributed by atoms with Gasteiger partial charge in [0.05, 0.1) is 6.54 Å². The molecule has 1 N–H and O–H groups in total. The van der Waals surface area contributed by atoms with Gasteiger partial charge in [-0.1, -0.05) is 43.3 Å². The van der Waals surface area contributed by atoms with Gasteiger partial charge in [0.1, 0.15) is 0 Å². The van der Waals surface area contributed by atoms with Crippen molar-refractivity contribution < 1.29 is 4.79 Å². The lowest BCUT2D eigenvalue weighted by molar-refractivity contribution is 0.101. The van der Waals surface area contributed by atoms with Crippen molar-refractivity contribution in [3.05, 3.63) is 65.9 Å². The minimum atomic E-state index is 0.114. The number of benzene rings is 2. The van der Waals surface area contributed by atoms with Crippen LogP contribution in [0.2, 0.25) is 0 Å². The van der Waals surface area contributed by atoms with Crippen LogP contribution in [0.3, 0.4) is 0 Å². The lowest BCUT2D eigenvalue weighted by atomic mass is 10.1. The Kier molecular flexibility index (Phi) is 3.96. The van der Waals surface area contributed by atoms with E-state index in [-0.39, 0.29) is 5.78 Å². The number of nitrogens with one attached hydrogen (secondary N) is 1. The van der Waals surface area contributed by atoms with Gasteiger partial charge in [-0.25, -0.2) is 0 Å². The average molecular weight is 292 g/mol. The zero-order valence-corrected chi connectivity index (χ0v) is 13.0. The number of aromatic nitrogens is 1. The Labute approximate surface area is 130 Å². The van der Waals surface area contributed by atoms with Crippen LogP contribution < -0.4 is 5.32 Å². The van der Waals surface area contributed by atoms with Crippen LogP contribution in [-0.2, 0) is 13.5 Å². The first-order chi connectivity index (χ1) is 10.7. The molecule has 0 aliphatic carbocycles. The van der Waals surface area contributed by atoms with Crippen molar-refractivity contribution in [2.45, 2.75) is 13.3 Å². The zero-order chi connectivity index (χ0) is 15.5. The summed E-state index contributed by atoms with van der Waals surface area (Å²) in [5.41, 5.74) is 4.13. The number of aryl methyl sites for hydroxylation is 2. The van der Waals surface area contributed by atoms with Crippen LogP contribution in [0.15, 0.2) is 54.7 Å². The third-order valence-corrected chi connectivity index (χ3v) is 4.04. The first kappa shape index (κ1) is 14.4. The Morgan fingerprint density at radius 3 is 2.64 bits per heavy atom. The fourth-order valence-electron chi connectivity index (χ4n) is 2.84. The van der Waals surface area contributed by atoms with E-state index in [0.29, 0.717) is 6.54 Å². The molecule has 2 aromatic carbocycles. The van der Waals surface area contributed by atoms with E-state index in [0.717, 1.165) is 28.6 Å². The van der Waals surface area contributed by atoms with Crippen LogP contribution in [0.4, 0.5) is 5.69 Å². The second-order valence-corrected chi connectivity index (χ2v) is 5.46. The molecule has 0 spiro atoms. The molecule has 112 valence electrons. The van der Waals surface area contributed by atoms with Crippen LogP contribution in [0.1, 0.15) is 22.8 Å². The van der Waals surface area contributed by atoms with Gasteiger partial charge in [-0.2, -0.15) is 0 Å². The van der Waals surface area contributed by atoms with E-state index in [2.05, 4.69) is 18.3 Å². The first-order valence-electron chi connectivity index (χ1n) is 7.59. The standard InChI is InChI=1S/C19H20N2O/c1-3-14-8-4-6-10-17(14)20-12-19(22)16-13-21(2)18-11-7-5-9-15(16)18/h4-11,13,20H,3,12H2,1-2H3. The van der Waals surface area contributed by atoms with Gasteiger partial charge in [-0.15, -0.1) is 0 Å². The molecule has 3 nitrogen and oxygen atoms in total. The molecular weight excluding hydrogens is 272 g/mol. The number of anilines is 1. The number of hydrogen-bond acceptors (Lipinski definition) is 2. The number of Topliss-reactive ketones (excluding diaryl/α,β-unsaturated/α-hetero) is 1. The average Bonchev–Trinajstić information content (AvgIpc) is 2.90. The molecule has 0 saturated heterocycles. The Hall–Kier alpha value is -2.55. The summed E-state index contributed by atoms with van der Waals surface area (Å²) in [6.07, 6.45) is 2.87. The highest BCUT2D eigenvalue weighted by atomic mass is 16.1. The number of fused-ring (bicyclic) bond motifs is 1. The van der Waals surface area contributed by atoms with Crippen molar-refractivity contribution in [1.82, 2.24) is 4.57 Å². The molecular formula is C19H20N2O. The maximum atomic E-state index is 12.6. The molecule has 3 heteroatoms. The quantitative estimate of drug-likeness (QED) is 0.720. The molecule has 0 saturated carbocycles. The van der Waals surface area contributed by atoms with Crippen LogP contribution in [-0.4, -0.2) is 16.9 Å². The summed E-state index contributed by atoms with van der Waals surface area (Å²) in [5.74, 6) is 0.114. The smallest absolute Gasteiger partial charge is 0.184 e. The van der Waals surface area contributed by atoms with Crippen LogP contribution >= 0.6 is 0 Å². The predicted molar refractivity (Wildman–Crippen MR) is 91.6 cm³/mol. The maximum Gasteiger partial charge on any atom is 0.184 e. The van der Waals surface area contributed by atoms with Crippen molar-refractivity contribution in [1.29, 1.82) is 0 Å². The van der Waals surface area contributed by atoms with Crippen molar-refractivity contribution in [2.75, 3.05) is 11.9 Å². The molecule has 0 unspecified atom stereocenters. The molecule has 0 radical (unpaired) electrons. The summed E-state index contributed by atoms with van der Waals surface area (Å²) in [7, 11) is 1.97. The maximum absolute atomic E-state index is 12.6. The van der Waals surface area contributed by atoms with Crippen LogP contribution in [0, 0.1) is 0 Å². The van der Waals surface area contributed by atoms with E-state index >= 15 is 0 Å². The molecule has 3 aromatic rings. The second-order valence-electron chi connectivity index (χ2n) is 5.46. The minimum Gasteiger partial charge on any atom is -0.377 e. The van der Waals surface area contributed by atoms with Gasteiger partial charge in [0.2, 0.25) is 0 Å². The molecule has 0 bridgehead atoms. The molecule has 0 amide bonds. The number of ketones is 1. The van der Waals surface area contributed by atoms with Gasteiger partial charge in [-0.05, 0) is 24.1 Å². The van der Waals surface area contributed by atoms with Gasteiger partial charge in [0.25, 0.3) is 0 Å². The van der Waals surface area contributed by atoms with E-state index in [4.69, 9.17) is 0 Å². The Morgan fingerprint density at radius 1 is 1.09 bits per heavy atom. The van der Waals surface area contributed by atoms with Crippen molar-refractivity contribution in [3.63, 3.8) is 0 Å². The minimum absolute atomic E-state index is 0.114. The van der Waals surface area contributed by atoms with Crippen LogP contribution in [0.25, 0.3) is 10.9 Å². The topological polar surface area (TPSA) is 34.0 Å². The van der Waals surface area contributed by atoms with Crippen molar-refractivity contribution in [2.24, 2.45) is 7.05 Å². The molecule has 22 heavy (non-hydrogen) atoms. The fourth-order valence-corrected chi connectivity index (χ4v) is 2.84. The SMILES string of the molecule is CCc1ccccc1NCC(=O)c1cn(C)c2ccccc12. The summed E-state index contributed by atoms with van der Waals surface area (Å²) >= 11 is 0. The summed E-state index contributed by atoms with van der Waals surface area (Å²) in [6, 6.07) is 16.1. The largest absolute Gasteiger partial charge is 0.377 e. The van der Waals surface area contributed by atoms with Gasteiger partial charge < -0.3 is 9.88 Å². The van der Waals surface area contributed by atoms with E-state index in [9.17, 15) is 4.79 Å². The molecule has 1 heterocycles. The molecule has 3 rings (SSSR count). The monoisotopic (exact) mass is 292 g/mol. The molecule has 0 aliphatic heterocycles. The van der Waals surface area contributed by atoms with E-state index in [1.54, 1.807) is 0 Å². The number of nitrogens with zero attached hydrogens (tertiary/aromatic N) is 1. The number of carbonyl (C=O) groups excluding carboxylic acids is 1. The predicted octanol–water partition coefficient (Wildman–Crippen LogP) is 4.04. The Balaban J connectivity index is 1.82. The number of para-hydroxylation sites is 2. The van der Waals surface area contributed by atoms with Gasteiger partial charge >= 0.3 is 0 Å². The number of hydrogen-bond donors (Lipinski definition) is 1. The van der Waals surface area contributed by atoms with Crippen molar-refractivity contribution in [3.8, 4) is 0 Å². The third-order valence-electron chi connectivity index (χ3n) is 4.04. The van der Waals surface area contributed by atoms with Gasteiger partial charge in [0, 0.05) is 35.4 Å². The van der Waals surface area contributed by atoms with E-state index in [1.165, 1.54) is 5.56 Å². The van der Waals surface area contributed by atoms with Gasteiger partial charge in [-0.3, -0.25) is 4.79 Å². The first-order valence-corrected chi connectivity index (χ1v) is 7.59. The van der Waals surface area contributed by atoms with Crippen LogP contribution in [0.5, 0.6) is 0 Å². The third kappa shape index (κ3) is 2.62. The molecule has 0 atom stereocenters. The lowest BCUT2D eigenvalue weighted by Crippen LogP contribution is -2.14. The highest BCUT2D eigenvalue weighted by Gasteiger charge is 2.13. The summed E-state index contributed by atoms with van der Waals surface area (Å²) in [6.45, 7) is 2.43. The summed E-state index contributed by atoms with van der Waals surface area (Å²) < 4.78 is 2.00. The lowest BCUT2D eigenvalue weighted by Gasteiger charge is -2.09. The Bertz CT molecular complexity index is 817. The zero-order valence-electron chi connectivity index (χ0n) is 13.0. The molecule has 0 aliphatic rings. The van der Waals surface area contributed by atoms with E-state index < -0.39 is 0 Å². The number of rotatable bonds is 5. The fraction of sp³-hybridized carbons (Fsp3) is 0.211. The van der Waals surface area contributed by atoms with Gasteiger partial charge in [0.15, 0.2) is 5.78 Å². The molecule has 1 aromatic heterocycles. The Morgan fingerprint density at radius 2 is 1.82 bits per heavy atom. The number of carbonyl (C=O) groups is 1. The molecule has 0 fully saturated rings. The normalized spacial score (nSPS) is 10.8. The summed E-state index contributed by atoms with van der Waals surface area (Å²) in [5, 5.41) is 4.29. The van der Waals surface area contributed by atoms with E-state index in [1.807, 2.05) is 60.3 Å². The van der Waals surface area contributed by atoms with Crippen molar-refractivity contribution >= 4 is 22.4 Å². The highest BCUT2D eigenvalue weighted by molar-refractivity contribution is 6.09.